The maximum absolute atomic E-state index is 12.5. The zero-order valence-electron chi connectivity index (χ0n) is 13.1. The van der Waals surface area contributed by atoms with Crippen molar-refractivity contribution in [2.24, 2.45) is 0 Å². The minimum Gasteiger partial charge on any atom is -0.465 e. The van der Waals surface area contributed by atoms with Crippen LogP contribution in [0, 0.1) is 6.92 Å². The lowest BCUT2D eigenvalue weighted by Gasteiger charge is -2.15. The molecule has 2 aromatic rings. The van der Waals surface area contributed by atoms with Crippen molar-refractivity contribution >= 4 is 16.0 Å². The Kier molecular flexibility index (Phi) is 5.12. The van der Waals surface area contributed by atoms with Crippen LogP contribution in [0.25, 0.3) is 0 Å². The highest BCUT2D eigenvalue weighted by atomic mass is 32.2. The molecular weight excluding hydrogens is 320 g/mol. The number of nitrogens with one attached hydrogen (secondary N) is 1. The maximum atomic E-state index is 12.5. The minimum atomic E-state index is -3.71. The van der Waals surface area contributed by atoms with Crippen LogP contribution in [-0.2, 0) is 21.3 Å². The largest absolute Gasteiger partial charge is 0.465 e. The summed E-state index contributed by atoms with van der Waals surface area (Å²) in [4.78, 5) is 15.4. The van der Waals surface area contributed by atoms with Crippen LogP contribution in [0.5, 0.6) is 0 Å². The number of ether oxygens (including phenoxy) is 1. The molecule has 0 amide bonds. The second-order valence-electron chi connectivity index (χ2n) is 5.11. The van der Waals surface area contributed by atoms with Crippen molar-refractivity contribution in [3.8, 4) is 0 Å². The molecule has 0 bridgehead atoms. The average Bonchev–Trinajstić information content (AvgIpc) is 2.98. The number of methoxy groups -OCH3 is 1. The summed E-state index contributed by atoms with van der Waals surface area (Å²) in [6, 6.07) is 3.94. The van der Waals surface area contributed by atoms with E-state index in [-0.39, 0.29) is 10.9 Å². The van der Waals surface area contributed by atoms with Gasteiger partial charge in [0.25, 0.3) is 0 Å². The molecule has 8 nitrogen and oxygen atoms in total. The molecule has 2 rings (SSSR count). The van der Waals surface area contributed by atoms with Gasteiger partial charge in [-0.3, -0.25) is 4.68 Å². The van der Waals surface area contributed by atoms with Crippen LogP contribution in [-0.4, -0.2) is 42.3 Å². The standard InChI is InChI=1S/C14H18N4O4S/c1-10-6-12(14(19)22-3)4-5-13(10)23(20,21)17-11(2)7-18-9-15-8-16-18/h4-6,8-9,11,17H,7H2,1-3H3/t11-/m0/s1. The fraction of sp³-hybridized carbons (Fsp3) is 0.357. The number of benzene rings is 1. The lowest BCUT2D eigenvalue weighted by Crippen LogP contribution is -2.36. The molecule has 0 aliphatic rings. The Bertz CT molecular complexity index is 787. The van der Waals surface area contributed by atoms with Crippen LogP contribution in [0.4, 0.5) is 0 Å². The third kappa shape index (κ3) is 4.14. The first-order valence-corrected chi connectivity index (χ1v) is 8.35. The van der Waals surface area contributed by atoms with Gasteiger partial charge in [0.1, 0.15) is 12.7 Å². The van der Waals surface area contributed by atoms with E-state index in [2.05, 4.69) is 19.5 Å². The third-order valence-corrected chi connectivity index (χ3v) is 4.92. The highest BCUT2D eigenvalue weighted by Gasteiger charge is 2.21. The molecule has 124 valence electrons. The van der Waals surface area contributed by atoms with Gasteiger partial charge in [0.15, 0.2) is 0 Å². The zero-order valence-corrected chi connectivity index (χ0v) is 13.9. The summed E-state index contributed by atoms with van der Waals surface area (Å²) in [5.74, 6) is -0.510. The van der Waals surface area contributed by atoms with E-state index in [1.165, 1.54) is 38.0 Å². The van der Waals surface area contributed by atoms with Gasteiger partial charge in [0.05, 0.1) is 24.1 Å². The Morgan fingerprint density at radius 1 is 1.43 bits per heavy atom. The molecule has 0 saturated heterocycles. The Hall–Kier alpha value is -2.26. The van der Waals surface area contributed by atoms with Gasteiger partial charge < -0.3 is 4.74 Å². The Morgan fingerprint density at radius 3 is 2.74 bits per heavy atom. The van der Waals surface area contributed by atoms with Crippen molar-refractivity contribution < 1.29 is 17.9 Å². The topological polar surface area (TPSA) is 103 Å². The summed E-state index contributed by atoms with van der Waals surface area (Å²) >= 11 is 0. The number of nitrogens with zero attached hydrogens (tertiary/aromatic N) is 3. The molecule has 0 unspecified atom stereocenters. The predicted molar refractivity (Wildman–Crippen MR) is 82.3 cm³/mol. The molecule has 1 heterocycles. The van der Waals surface area contributed by atoms with Crippen LogP contribution in [0.2, 0.25) is 0 Å². The number of aryl methyl sites for hydroxylation is 1. The van der Waals surface area contributed by atoms with Crippen molar-refractivity contribution in [3.63, 3.8) is 0 Å². The number of hydrogen-bond donors (Lipinski definition) is 1. The lowest BCUT2D eigenvalue weighted by atomic mass is 10.1. The number of aromatic nitrogens is 3. The Labute approximate surface area is 134 Å². The van der Waals surface area contributed by atoms with Gasteiger partial charge in [0, 0.05) is 6.04 Å². The number of carbonyl (C=O) groups is 1. The first kappa shape index (κ1) is 17.1. The van der Waals surface area contributed by atoms with Crippen molar-refractivity contribution in [1.82, 2.24) is 19.5 Å². The summed E-state index contributed by atoms with van der Waals surface area (Å²) in [5, 5.41) is 3.94. The number of sulfonamides is 1. The molecule has 1 aromatic heterocycles. The van der Waals surface area contributed by atoms with Crippen LogP contribution in [0.15, 0.2) is 35.7 Å². The predicted octanol–water partition coefficient (Wildman–Crippen LogP) is 0.740. The number of rotatable bonds is 6. The smallest absolute Gasteiger partial charge is 0.337 e. The summed E-state index contributed by atoms with van der Waals surface area (Å²) < 4.78 is 33.7. The quantitative estimate of drug-likeness (QED) is 0.779. The van der Waals surface area contributed by atoms with Crippen molar-refractivity contribution in [1.29, 1.82) is 0 Å². The first-order chi connectivity index (χ1) is 10.8. The van der Waals surface area contributed by atoms with Gasteiger partial charge in [-0.15, -0.1) is 0 Å². The van der Waals surface area contributed by atoms with Crippen molar-refractivity contribution in [2.75, 3.05) is 7.11 Å². The molecule has 0 aliphatic carbocycles. The van der Waals surface area contributed by atoms with E-state index in [0.29, 0.717) is 17.7 Å². The lowest BCUT2D eigenvalue weighted by molar-refractivity contribution is 0.0600. The summed E-state index contributed by atoms with van der Waals surface area (Å²) in [5.41, 5.74) is 0.771. The second kappa shape index (κ2) is 6.88. The van der Waals surface area contributed by atoms with Crippen LogP contribution < -0.4 is 4.72 Å². The molecule has 0 saturated carbocycles. The summed E-state index contributed by atoms with van der Waals surface area (Å²) in [6.07, 6.45) is 2.90. The second-order valence-corrected chi connectivity index (χ2v) is 6.79. The highest BCUT2D eigenvalue weighted by molar-refractivity contribution is 7.89. The molecule has 9 heteroatoms. The molecular formula is C14H18N4O4S. The van der Waals surface area contributed by atoms with Crippen molar-refractivity contribution in [2.45, 2.75) is 31.3 Å². The van der Waals surface area contributed by atoms with E-state index in [9.17, 15) is 13.2 Å². The van der Waals surface area contributed by atoms with E-state index in [1.54, 1.807) is 18.5 Å². The van der Waals surface area contributed by atoms with Crippen LogP contribution in [0.3, 0.4) is 0 Å². The van der Waals surface area contributed by atoms with Gasteiger partial charge in [-0.1, -0.05) is 0 Å². The SMILES string of the molecule is COC(=O)c1ccc(S(=O)(=O)N[C@@H](C)Cn2cncn2)c(C)c1. The third-order valence-electron chi connectivity index (χ3n) is 3.17. The Balaban J connectivity index is 2.17. The molecule has 1 atom stereocenters. The number of hydrogen-bond acceptors (Lipinski definition) is 6. The summed E-state index contributed by atoms with van der Waals surface area (Å²) in [6.45, 7) is 3.72. The fourth-order valence-corrected chi connectivity index (χ4v) is 3.63. The molecule has 0 spiro atoms. The first-order valence-electron chi connectivity index (χ1n) is 6.87. The van der Waals surface area contributed by atoms with E-state index >= 15 is 0 Å². The number of esters is 1. The van der Waals surface area contributed by atoms with E-state index < -0.39 is 16.0 Å². The van der Waals surface area contributed by atoms with Gasteiger partial charge >= 0.3 is 5.97 Å². The zero-order chi connectivity index (χ0) is 17.0. The Morgan fingerprint density at radius 2 is 2.17 bits per heavy atom. The van der Waals surface area contributed by atoms with E-state index in [1.807, 2.05) is 0 Å². The summed E-state index contributed by atoms with van der Waals surface area (Å²) in [7, 11) is -2.43. The van der Waals surface area contributed by atoms with Crippen molar-refractivity contribution in [3.05, 3.63) is 42.0 Å². The molecule has 0 fully saturated rings. The minimum absolute atomic E-state index is 0.121. The maximum Gasteiger partial charge on any atom is 0.337 e. The highest BCUT2D eigenvalue weighted by Crippen LogP contribution is 2.17. The monoisotopic (exact) mass is 338 g/mol. The number of carbonyl (C=O) groups excluding carboxylic acids is 1. The average molecular weight is 338 g/mol. The molecule has 0 aliphatic heterocycles. The molecule has 23 heavy (non-hydrogen) atoms. The van der Waals surface area contributed by atoms with Crippen LogP contribution >= 0.6 is 0 Å². The molecule has 1 aromatic carbocycles. The fourth-order valence-electron chi connectivity index (χ4n) is 2.17. The molecule has 1 N–H and O–H groups in total. The van der Waals surface area contributed by atoms with Crippen LogP contribution in [0.1, 0.15) is 22.8 Å². The van der Waals surface area contributed by atoms with E-state index in [0.717, 1.165) is 0 Å². The van der Waals surface area contributed by atoms with Gasteiger partial charge in [-0.05, 0) is 37.6 Å². The molecule has 0 radical (unpaired) electrons. The van der Waals surface area contributed by atoms with E-state index in [4.69, 9.17) is 0 Å². The normalized spacial score (nSPS) is 12.8. The van der Waals surface area contributed by atoms with Gasteiger partial charge in [-0.2, -0.15) is 5.10 Å². The van der Waals surface area contributed by atoms with Gasteiger partial charge in [-0.25, -0.2) is 22.9 Å². The van der Waals surface area contributed by atoms with Gasteiger partial charge in [0.2, 0.25) is 10.0 Å².